The highest BCUT2D eigenvalue weighted by molar-refractivity contribution is 6.02. The van der Waals surface area contributed by atoms with Crippen molar-refractivity contribution >= 4 is 17.8 Å². The molecule has 0 aliphatic carbocycles. The van der Waals surface area contributed by atoms with Crippen LogP contribution in [0.2, 0.25) is 0 Å². The molecule has 4 amide bonds. The van der Waals surface area contributed by atoms with Crippen molar-refractivity contribution < 1.29 is 19.1 Å². The van der Waals surface area contributed by atoms with Gasteiger partial charge in [-0.1, -0.05) is 32.0 Å². The lowest BCUT2D eigenvalue weighted by Crippen LogP contribution is -2.51. The number of carbonyl (C=O) groups is 3. The van der Waals surface area contributed by atoms with Crippen molar-refractivity contribution in [3.8, 4) is 0 Å². The number of morpholine rings is 1. The fraction of sp³-hybridized carbons (Fsp3) is 0.550. The summed E-state index contributed by atoms with van der Waals surface area (Å²) in [5, 5.41) is 5.54. The van der Waals surface area contributed by atoms with Gasteiger partial charge in [-0.3, -0.25) is 19.4 Å². The van der Waals surface area contributed by atoms with Crippen LogP contribution in [0.3, 0.4) is 0 Å². The van der Waals surface area contributed by atoms with E-state index in [1.807, 2.05) is 0 Å². The second kappa shape index (κ2) is 9.16. The highest BCUT2D eigenvalue weighted by atomic mass is 16.5. The molecule has 1 aromatic carbocycles. The third-order valence-electron chi connectivity index (χ3n) is 5.28. The van der Waals surface area contributed by atoms with Crippen molar-refractivity contribution in [3.05, 3.63) is 35.4 Å². The van der Waals surface area contributed by atoms with Crippen LogP contribution >= 0.6 is 0 Å². The Kier molecular flexibility index (Phi) is 6.64. The normalized spacial score (nSPS) is 19.0. The third kappa shape index (κ3) is 4.69. The molecule has 2 heterocycles. The maximum absolute atomic E-state index is 12.9. The van der Waals surface area contributed by atoms with Crippen molar-refractivity contribution in [2.24, 2.45) is 5.92 Å². The number of nitrogens with zero attached hydrogens (tertiary/aromatic N) is 2. The minimum atomic E-state index is -0.424. The molecule has 3 rings (SSSR count). The van der Waals surface area contributed by atoms with Gasteiger partial charge < -0.3 is 15.4 Å². The third-order valence-corrected chi connectivity index (χ3v) is 5.28. The summed E-state index contributed by atoms with van der Waals surface area (Å²) in [5.41, 5.74) is 1.14. The topological polar surface area (TPSA) is 91.0 Å². The predicted octanol–water partition coefficient (Wildman–Crippen LogP) is 0.825. The summed E-state index contributed by atoms with van der Waals surface area (Å²) in [4.78, 5) is 40.0. The second-order valence-electron chi connectivity index (χ2n) is 7.47. The Morgan fingerprint density at radius 3 is 2.57 bits per heavy atom. The Labute approximate surface area is 165 Å². The molecule has 1 aromatic rings. The zero-order valence-corrected chi connectivity index (χ0v) is 16.4. The number of hydrogen-bond acceptors (Lipinski definition) is 5. The van der Waals surface area contributed by atoms with Crippen LogP contribution in [-0.4, -0.2) is 73.1 Å². The number of amides is 4. The van der Waals surface area contributed by atoms with Crippen LogP contribution in [-0.2, 0) is 16.1 Å². The highest BCUT2D eigenvalue weighted by Gasteiger charge is 2.30. The van der Waals surface area contributed by atoms with E-state index >= 15 is 0 Å². The summed E-state index contributed by atoms with van der Waals surface area (Å²) in [5.74, 6) is -0.0893. The van der Waals surface area contributed by atoms with Crippen molar-refractivity contribution in [2.75, 3.05) is 39.4 Å². The van der Waals surface area contributed by atoms with Crippen molar-refractivity contribution in [3.63, 3.8) is 0 Å². The average Bonchev–Trinajstić information content (AvgIpc) is 3.01. The molecule has 1 unspecified atom stereocenters. The molecule has 2 saturated heterocycles. The van der Waals surface area contributed by atoms with Crippen molar-refractivity contribution in [2.45, 2.75) is 26.4 Å². The Balaban J connectivity index is 1.67. The first-order valence-corrected chi connectivity index (χ1v) is 9.73. The van der Waals surface area contributed by atoms with Crippen molar-refractivity contribution in [1.29, 1.82) is 0 Å². The molecule has 0 saturated carbocycles. The van der Waals surface area contributed by atoms with E-state index in [9.17, 15) is 14.4 Å². The van der Waals surface area contributed by atoms with E-state index in [0.717, 1.165) is 18.0 Å². The first kappa shape index (κ1) is 20.3. The molecule has 0 radical (unpaired) electrons. The maximum Gasteiger partial charge on any atom is 0.324 e. The molecule has 8 heteroatoms. The van der Waals surface area contributed by atoms with Crippen LogP contribution in [0.1, 0.15) is 29.8 Å². The van der Waals surface area contributed by atoms with Gasteiger partial charge in [0.2, 0.25) is 5.91 Å². The van der Waals surface area contributed by atoms with Gasteiger partial charge in [0.25, 0.3) is 5.91 Å². The second-order valence-corrected chi connectivity index (χ2v) is 7.47. The van der Waals surface area contributed by atoms with Crippen LogP contribution in [0, 0.1) is 5.92 Å². The number of imide groups is 1. The summed E-state index contributed by atoms with van der Waals surface area (Å²) in [7, 11) is 0. The maximum atomic E-state index is 12.9. The molecule has 2 aliphatic rings. The summed E-state index contributed by atoms with van der Waals surface area (Å²) in [6.45, 7) is 8.08. The zero-order chi connectivity index (χ0) is 20.1. The summed E-state index contributed by atoms with van der Waals surface area (Å²) in [6.07, 6.45) is 0. The van der Waals surface area contributed by atoms with Gasteiger partial charge in [0.15, 0.2) is 0 Å². The van der Waals surface area contributed by atoms with Gasteiger partial charge in [0.05, 0.1) is 26.3 Å². The van der Waals surface area contributed by atoms with Gasteiger partial charge in [-0.2, -0.15) is 0 Å². The lowest BCUT2D eigenvalue weighted by atomic mass is 10.0. The highest BCUT2D eigenvalue weighted by Crippen LogP contribution is 2.16. The van der Waals surface area contributed by atoms with Crippen LogP contribution in [0.5, 0.6) is 0 Å². The van der Waals surface area contributed by atoms with E-state index in [1.54, 1.807) is 24.3 Å². The molecule has 152 valence electrons. The fourth-order valence-corrected chi connectivity index (χ4v) is 3.65. The van der Waals surface area contributed by atoms with E-state index < -0.39 is 6.03 Å². The molecule has 0 aromatic heterocycles. The quantitative estimate of drug-likeness (QED) is 0.675. The minimum Gasteiger partial charge on any atom is -0.379 e. The van der Waals surface area contributed by atoms with Crippen LogP contribution < -0.4 is 10.6 Å². The SMILES string of the molecule is CC(C)C(CNC(=O)c1ccccc1CN1C(=O)CNC1=O)N1CCOCC1. The number of rotatable bonds is 7. The van der Waals surface area contributed by atoms with Crippen molar-refractivity contribution in [1.82, 2.24) is 20.4 Å². The lowest BCUT2D eigenvalue weighted by Gasteiger charge is -2.37. The number of urea groups is 1. The molecule has 2 fully saturated rings. The average molecular weight is 388 g/mol. The zero-order valence-electron chi connectivity index (χ0n) is 16.4. The molecule has 2 N–H and O–H groups in total. The number of hydrogen-bond donors (Lipinski definition) is 2. The number of benzene rings is 1. The standard InChI is InChI=1S/C20H28N4O4/c1-14(2)17(23-7-9-28-10-8-23)11-21-19(26)16-6-4-3-5-15(16)13-24-18(25)12-22-20(24)27/h3-6,14,17H,7-13H2,1-2H3,(H,21,26)(H,22,27). The Morgan fingerprint density at radius 1 is 1.21 bits per heavy atom. The Morgan fingerprint density at radius 2 is 1.93 bits per heavy atom. The fourth-order valence-electron chi connectivity index (χ4n) is 3.65. The molecule has 0 spiro atoms. The molecule has 28 heavy (non-hydrogen) atoms. The van der Waals surface area contributed by atoms with Crippen LogP contribution in [0.25, 0.3) is 0 Å². The molecular weight excluding hydrogens is 360 g/mol. The molecule has 1 atom stereocenters. The van der Waals surface area contributed by atoms with E-state index in [1.165, 1.54) is 0 Å². The predicted molar refractivity (Wildman–Crippen MR) is 104 cm³/mol. The van der Waals surface area contributed by atoms with Gasteiger partial charge >= 0.3 is 6.03 Å². The van der Waals surface area contributed by atoms with Gasteiger partial charge in [-0.25, -0.2) is 4.79 Å². The van der Waals surface area contributed by atoms with E-state index in [-0.39, 0.29) is 30.9 Å². The number of nitrogens with one attached hydrogen (secondary N) is 2. The Bertz CT molecular complexity index is 715. The van der Waals surface area contributed by atoms with Crippen LogP contribution in [0.15, 0.2) is 24.3 Å². The largest absolute Gasteiger partial charge is 0.379 e. The van der Waals surface area contributed by atoms with Gasteiger partial charge in [0.1, 0.15) is 0 Å². The van der Waals surface area contributed by atoms with Gasteiger partial charge in [-0.15, -0.1) is 0 Å². The van der Waals surface area contributed by atoms with E-state index in [4.69, 9.17) is 4.74 Å². The van der Waals surface area contributed by atoms with Gasteiger partial charge in [-0.05, 0) is 17.5 Å². The summed E-state index contributed by atoms with van der Waals surface area (Å²) < 4.78 is 5.43. The minimum absolute atomic E-state index is 0.00279. The molecular formula is C20H28N4O4. The van der Waals surface area contributed by atoms with E-state index in [0.29, 0.717) is 36.8 Å². The molecule has 8 nitrogen and oxygen atoms in total. The van der Waals surface area contributed by atoms with E-state index in [2.05, 4.69) is 29.4 Å². The number of carbonyl (C=O) groups excluding carboxylic acids is 3. The Hall–Kier alpha value is -2.45. The summed E-state index contributed by atoms with van der Waals surface area (Å²) >= 11 is 0. The first-order chi connectivity index (χ1) is 13.5. The molecule has 0 bridgehead atoms. The van der Waals surface area contributed by atoms with Gasteiger partial charge in [0, 0.05) is 31.2 Å². The van der Waals surface area contributed by atoms with Crippen LogP contribution in [0.4, 0.5) is 4.79 Å². The monoisotopic (exact) mass is 388 g/mol. The first-order valence-electron chi connectivity index (χ1n) is 9.73. The number of ether oxygens (including phenoxy) is 1. The summed E-state index contributed by atoms with van der Waals surface area (Å²) in [6, 6.07) is 6.89. The smallest absolute Gasteiger partial charge is 0.324 e. The lowest BCUT2D eigenvalue weighted by molar-refractivity contribution is -0.125. The molecule has 2 aliphatic heterocycles.